The van der Waals surface area contributed by atoms with E-state index in [2.05, 4.69) is 33.9 Å². The average molecular weight is 393 g/mol. The smallest absolute Gasteiger partial charge is 0.250 e. The van der Waals surface area contributed by atoms with Gasteiger partial charge in [0.25, 0.3) is 0 Å². The maximum atomic E-state index is 12.2. The fraction of sp³-hybridized carbons (Fsp3) is 0.500. The second-order valence-electron chi connectivity index (χ2n) is 6.93. The van der Waals surface area contributed by atoms with Crippen LogP contribution in [0.25, 0.3) is 0 Å². The molecular weight excluding hydrogens is 364 g/mol. The molecule has 1 N–H and O–H groups in total. The Hall–Kier alpha value is -1.37. The molecule has 1 aromatic heterocycles. The van der Waals surface area contributed by atoms with Gasteiger partial charge < -0.3 is 4.90 Å². The number of nitrogens with one attached hydrogen (secondary N) is 1. The zero-order valence-corrected chi connectivity index (χ0v) is 17.0. The van der Waals surface area contributed by atoms with Gasteiger partial charge in [-0.1, -0.05) is 25.0 Å². The largest absolute Gasteiger partial charge is 0.372 e. The van der Waals surface area contributed by atoms with Crippen molar-refractivity contribution in [3.05, 3.63) is 46.8 Å². The first kappa shape index (κ1) is 19.4. The Morgan fingerprint density at radius 1 is 1.00 bits per heavy atom. The van der Waals surface area contributed by atoms with Crippen LogP contribution in [0.5, 0.6) is 0 Å². The van der Waals surface area contributed by atoms with E-state index in [0.717, 1.165) is 30.8 Å². The van der Waals surface area contributed by atoms with Crippen molar-refractivity contribution in [2.45, 2.75) is 49.7 Å². The van der Waals surface area contributed by atoms with Crippen LogP contribution < -0.4 is 9.62 Å². The lowest BCUT2D eigenvalue weighted by Crippen LogP contribution is -2.24. The SMILES string of the molecule is Cc1ccc(S(=O)(=O)NCCCc2ccc(N3CCCCCC3)cc2)s1. The Kier molecular flexibility index (Phi) is 6.73. The lowest BCUT2D eigenvalue weighted by molar-refractivity contribution is 0.581. The van der Waals surface area contributed by atoms with Crippen LogP contribution in [0.1, 0.15) is 42.5 Å². The molecule has 1 aliphatic heterocycles. The molecule has 0 unspecified atom stereocenters. The summed E-state index contributed by atoms with van der Waals surface area (Å²) in [6.07, 6.45) is 6.93. The molecule has 0 bridgehead atoms. The number of benzene rings is 1. The fourth-order valence-electron chi connectivity index (χ4n) is 3.33. The molecule has 1 aliphatic rings. The molecule has 1 aromatic carbocycles. The summed E-state index contributed by atoms with van der Waals surface area (Å²) >= 11 is 1.31. The number of aryl methyl sites for hydroxylation is 2. The first-order valence-electron chi connectivity index (χ1n) is 9.45. The number of sulfonamides is 1. The number of hydrogen-bond donors (Lipinski definition) is 1. The van der Waals surface area contributed by atoms with E-state index in [4.69, 9.17) is 0 Å². The van der Waals surface area contributed by atoms with E-state index < -0.39 is 10.0 Å². The van der Waals surface area contributed by atoms with Gasteiger partial charge in [0.1, 0.15) is 4.21 Å². The van der Waals surface area contributed by atoms with Gasteiger partial charge in [-0.3, -0.25) is 0 Å². The molecule has 142 valence electrons. The van der Waals surface area contributed by atoms with Crippen molar-refractivity contribution in [1.82, 2.24) is 4.72 Å². The van der Waals surface area contributed by atoms with Gasteiger partial charge in [-0.15, -0.1) is 11.3 Å². The zero-order chi connectivity index (χ0) is 18.4. The quantitative estimate of drug-likeness (QED) is 0.713. The second-order valence-corrected chi connectivity index (χ2v) is 10.2. The van der Waals surface area contributed by atoms with Crippen molar-refractivity contribution in [3.8, 4) is 0 Å². The molecule has 26 heavy (non-hydrogen) atoms. The molecule has 4 nitrogen and oxygen atoms in total. The molecule has 0 radical (unpaired) electrons. The van der Waals surface area contributed by atoms with Gasteiger partial charge in [0.05, 0.1) is 0 Å². The van der Waals surface area contributed by atoms with Gasteiger partial charge in [0, 0.05) is 30.2 Å². The van der Waals surface area contributed by atoms with Gasteiger partial charge in [0.2, 0.25) is 10.0 Å². The highest BCUT2D eigenvalue weighted by atomic mass is 32.2. The molecule has 0 amide bonds. The van der Waals surface area contributed by atoms with Crippen molar-refractivity contribution in [2.24, 2.45) is 0 Å². The van der Waals surface area contributed by atoms with E-state index in [9.17, 15) is 8.42 Å². The molecule has 2 heterocycles. The summed E-state index contributed by atoms with van der Waals surface area (Å²) in [7, 11) is -3.36. The monoisotopic (exact) mass is 392 g/mol. The number of anilines is 1. The predicted octanol–water partition coefficient (Wildman–Crippen LogP) is 4.35. The molecule has 2 aromatic rings. The Balaban J connectivity index is 1.46. The summed E-state index contributed by atoms with van der Waals surface area (Å²) in [5, 5.41) is 0. The third kappa shape index (κ3) is 5.32. The van der Waals surface area contributed by atoms with Crippen LogP contribution in [0.15, 0.2) is 40.6 Å². The van der Waals surface area contributed by atoms with Crippen LogP contribution in [0.2, 0.25) is 0 Å². The van der Waals surface area contributed by atoms with Gasteiger partial charge in [-0.05, 0) is 62.4 Å². The van der Waals surface area contributed by atoms with E-state index in [1.54, 1.807) is 6.07 Å². The standard InChI is InChI=1S/C20H28N2O2S2/c1-17-8-13-20(25-17)26(23,24)21-14-6-7-18-9-11-19(12-10-18)22-15-4-2-3-5-16-22/h8-13,21H,2-7,14-16H2,1H3. The van der Waals surface area contributed by atoms with Crippen LogP contribution in [0, 0.1) is 6.92 Å². The molecule has 1 fully saturated rings. The Labute approximate surface area is 161 Å². The molecular formula is C20H28N2O2S2. The van der Waals surface area contributed by atoms with Crippen LogP contribution in [0.3, 0.4) is 0 Å². The molecule has 0 spiro atoms. The van der Waals surface area contributed by atoms with E-state index >= 15 is 0 Å². The minimum absolute atomic E-state index is 0.400. The molecule has 0 saturated carbocycles. The third-order valence-electron chi connectivity index (χ3n) is 4.82. The van der Waals surface area contributed by atoms with E-state index in [0.29, 0.717) is 10.8 Å². The van der Waals surface area contributed by atoms with Gasteiger partial charge >= 0.3 is 0 Å². The number of rotatable bonds is 7. The summed E-state index contributed by atoms with van der Waals surface area (Å²) in [6, 6.07) is 12.3. The van der Waals surface area contributed by atoms with Crippen molar-refractivity contribution in [3.63, 3.8) is 0 Å². The zero-order valence-electron chi connectivity index (χ0n) is 15.4. The predicted molar refractivity (Wildman–Crippen MR) is 110 cm³/mol. The maximum absolute atomic E-state index is 12.2. The van der Waals surface area contributed by atoms with Crippen molar-refractivity contribution in [2.75, 3.05) is 24.5 Å². The highest BCUT2D eigenvalue weighted by Gasteiger charge is 2.15. The maximum Gasteiger partial charge on any atom is 0.250 e. The molecule has 1 saturated heterocycles. The molecule has 0 aliphatic carbocycles. The first-order valence-corrected chi connectivity index (χ1v) is 11.7. The lowest BCUT2D eigenvalue weighted by atomic mass is 10.1. The minimum atomic E-state index is -3.36. The Morgan fingerprint density at radius 2 is 1.69 bits per heavy atom. The molecule has 3 rings (SSSR count). The summed E-state index contributed by atoms with van der Waals surface area (Å²) in [6.45, 7) is 4.69. The van der Waals surface area contributed by atoms with Gasteiger partial charge in [-0.25, -0.2) is 13.1 Å². The topological polar surface area (TPSA) is 49.4 Å². The van der Waals surface area contributed by atoms with Crippen molar-refractivity contribution >= 4 is 27.0 Å². The van der Waals surface area contributed by atoms with Crippen molar-refractivity contribution in [1.29, 1.82) is 0 Å². The van der Waals surface area contributed by atoms with Crippen LogP contribution in [-0.4, -0.2) is 28.1 Å². The van der Waals surface area contributed by atoms with Crippen LogP contribution in [0.4, 0.5) is 5.69 Å². The number of nitrogens with zero attached hydrogens (tertiary/aromatic N) is 1. The highest BCUT2D eigenvalue weighted by Crippen LogP contribution is 2.21. The van der Waals surface area contributed by atoms with Crippen LogP contribution >= 0.6 is 11.3 Å². The molecule has 0 atom stereocenters. The molecule has 6 heteroatoms. The Morgan fingerprint density at radius 3 is 2.31 bits per heavy atom. The summed E-state index contributed by atoms with van der Waals surface area (Å²) in [5.41, 5.74) is 2.57. The number of hydrogen-bond acceptors (Lipinski definition) is 4. The van der Waals surface area contributed by atoms with E-state index in [1.165, 1.54) is 48.3 Å². The summed E-state index contributed by atoms with van der Waals surface area (Å²) in [4.78, 5) is 3.49. The van der Waals surface area contributed by atoms with Crippen LogP contribution in [-0.2, 0) is 16.4 Å². The summed E-state index contributed by atoms with van der Waals surface area (Å²) < 4.78 is 27.5. The number of thiophene rings is 1. The minimum Gasteiger partial charge on any atom is -0.372 e. The highest BCUT2D eigenvalue weighted by molar-refractivity contribution is 7.91. The first-order chi connectivity index (χ1) is 12.5. The van der Waals surface area contributed by atoms with E-state index in [-0.39, 0.29) is 0 Å². The van der Waals surface area contributed by atoms with E-state index in [1.807, 2.05) is 13.0 Å². The van der Waals surface area contributed by atoms with Crippen molar-refractivity contribution < 1.29 is 8.42 Å². The third-order valence-corrected chi connectivity index (χ3v) is 7.78. The summed E-state index contributed by atoms with van der Waals surface area (Å²) in [5.74, 6) is 0. The van der Waals surface area contributed by atoms with Gasteiger partial charge in [-0.2, -0.15) is 0 Å². The Bertz CT molecular complexity index is 789. The second kappa shape index (κ2) is 9.02. The normalized spacial score (nSPS) is 15.8. The average Bonchev–Trinajstić information content (AvgIpc) is 2.91. The van der Waals surface area contributed by atoms with Gasteiger partial charge in [0.15, 0.2) is 0 Å². The fourth-order valence-corrected chi connectivity index (χ4v) is 5.73. The lowest BCUT2D eigenvalue weighted by Gasteiger charge is -2.22.